The molecule has 40 heavy (non-hydrogen) atoms. The Morgan fingerprint density at radius 2 is 1.70 bits per heavy atom. The Hall–Kier alpha value is -2.96. The lowest BCUT2D eigenvalue weighted by molar-refractivity contribution is 0.0943. The number of sulfonamides is 1. The first-order chi connectivity index (χ1) is 19.0. The highest BCUT2D eigenvalue weighted by molar-refractivity contribution is 9.10. The van der Waals surface area contributed by atoms with E-state index in [0.717, 1.165) is 45.3 Å². The van der Waals surface area contributed by atoms with Crippen LogP contribution in [0.1, 0.15) is 25.7 Å². The van der Waals surface area contributed by atoms with Gasteiger partial charge in [0, 0.05) is 32.0 Å². The van der Waals surface area contributed by atoms with Crippen LogP contribution in [0.15, 0.2) is 53.1 Å². The molecule has 0 atom stereocenters. The van der Waals surface area contributed by atoms with Crippen molar-refractivity contribution in [3.63, 3.8) is 0 Å². The lowest BCUT2D eigenvalue weighted by atomic mass is 9.71. The molecule has 0 radical (unpaired) electrons. The van der Waals surface area contributed by atoms with Crippen molar-refractivity contribution in [2.75, 3.05) is 66.4 Å². The lowest BCUT2D eigenvalue weighted by Gasteiger charge is -2.46. The molecule has 9 nitrogen and oxygen atoms in total. The van der Waals surface area contributed by atoms with Gasteiger partial charge < -0.3 is 20.4 Å². The van der Waals surface area contributed by atoms with E-state index in [9.17, 15) is 8.42 Å². The summed E-state index contributed by atoms with van der Waals surface area (Å²) in [6.07, 6.45) is 7.39. The van der Waals surface area contributed by atoms with E-state index in [-0.39, 0.29) is 11.8 Å². The highest BCUT2D eigenvalue weighted by Crippen LogP contribution is 2.42. The van der Waals surface area contributed by atoms with Crippen LogP contribution < -0.4 is 19.8 Å². The molecule has 2 fully saturated rings. The van der Waals surface area contributed by atoms with E-state index >= 15 is 4.39 Å². The van der Waals surface area contributed by atoms with Crippen molar-refractivity contribution in [1.29, 1.82) is 0 Å². The largest absolute Gasteiger partial charge is 0.369 e. The van der Waals surface area contributed by atoms with Crippen LogP contribution in [0.4, 0.5) is 38.9 Å². The second-order valence-corrected chi connectivity index (χ2v) is 13.7. The Morgan fingerprint density at radius 3 is 2.38 bits per heavy atom. The van der Waals surface area contributed by atoms with Crippen LogP contribution in [0.5, 0.6) is 0 Å². The fourth-order valence-corrected chi connectivity index (χ4v) is 6.27. The average molecular weight is 633 g/mol. The third-order valence-electron chi connectivity index (χ3n) is 8.15. The van der Waals surface area contributed by atoms with E-state index in [2.05, 4.69) is 53.4 Å². The molecule has 2 saturated heterocycles. The molecule has 5 rings (SSSR count). The van der Waals surface area contributed by atoms with Gasteiger partial charge >= 0.3 is 0 Å². The monoisotopic (exact) mass is 631 g/mol. The minimum atomic E-state index is -3.46. The molecule has 3 heterocycles. The first-order valence-corrected chi connectivity index (χ1v) is 16.0. The molecule has 2 aliphatic heterocycles. The topological polar surface area (TPSA) is 93.7 Å². The molecular weight excluding hydrogens is 597 g/mol. The van der Waals surface area contributed by atoms with Crippen molar-refractivity contribution in [1.82, 2.24) is 14.9 Å². The molecule has 0 aliphatic carbocycles. The Morgan fingerprint density at radius 1 is 1.02 bits per heavy atom. The quantitative estimate of drug-likeness (QED) is 0.349. The molecular formula is C28H35BrFN7O2S. The standard InChI is InChI=1S/C28H35BrFN7O2S/c1-35-14-10-28(11-15-35)12-16-37(17-13-28)24-9-8-20(18-22(24)30)32-27-31-19-21(29)26(34-27)33-23-6-4-5-7-25(23)36(2)40(3,38)39/h4-9,18-19H,10-17H2,1-3H3,(H2,31,32,33,34). The van der Waals surface area contributed by atoms with E-state index in [0.29, 0.717) is 38.5 Å². The summed E-state index contributed by atoms with van der Waals surface area (Å²) < 4.78 is 41.3. The number of halogens is 2. The maximum Gasteiger partial charge on any atom is 0.232 e. The summed E-state index contributed by atoms with van der Waals surface area (Å²) in [7, 11) is 0.218. The summed E-state index contributed by atoms with van der Waals surface area (Å²) in [6, 6.07) is 12.2. The van der Waals surface area contributed by atoms with Crippen molar-refractivity contribution in [3.05, 3.63) is 59.0 Å². The number of para-hydroxylation sites is 2. The van der Waals surface area contributed by atoms with E-state index in [1.165, 1.54) is 30.3 Å². The minimum Gasteiger partial charge on any atom is -0.369 e. The van der Waals surface area contributed by atoms with E-state index < -0.39 is 10.0 Å². The maximum atomic E-state index is 15.3. The van der Waals surface area contributed by atoms with Crippen molar-refractivity contribution >= 4 is 60.5 Å². The third-order valence-corrected chi connectivity index (χ3v) is 9.93. The summed E-state index contributed by atoms with van der Waals surface area (Å²) in [5.74, 6) is 0.423. The van der Waals surface area contributed by atoms with Gasteiger partial charge in [-0.25, -0.2) is 17.8 Å². The predicted molar refractivity (Wildman–Crippen MR) is 163 cm³/mol. The first-order valence-electron chi connectivity index (χ1n) is 13.4. The molecule has 3 aromatic rings. The van der Waals surface area contributed by atoms with Crippen molar-refractivity contribution in [2.24, 2.45) is 5.41 Å². The maximum absolute atomic E-state index is 15.3. The summed E-state index contributed by atoms with van der Waals surface area (Å²) in [5.41, 5.74) is 2.60. The number of nitrogens with zero attached hydrogens (tertiary/aromatic N) is 5. The van der Waals surface area contributed by atoms with Crippen molar-refractivity contribution in [3.8, 4) is 0 Å². The number of anilines is 6. The SMILES string of the molecule is CN1CCC2(CC1)CCN(c1ccc(Nc3ncc(Br)c(Nc4ccccc4N(C)S(C)(=O)=O)n3)cc1F)CC2. The van der Waals surface area contributed by atoms with Gasteiger partial charge in [0.1, 0.15) is 11.6 Å². The van der Waals surface area contributed by atoms with Crippen LogP contribution in [0.3, 0.4) is 0 Å². The fraction of sp³-hybridized carbons (Fsp3) is 0.429. The average Bonchev–Trinajstić information content (AvgIpc) is 2.93. The first kappa shape index (κ1) is 28.6. The molecule has 1 spiro atoms. The molecule has 0 bridgehead atoms. The summed E-state index contributed by atoms with van der Waals surface area (Å²) in [4.78, 5) is 13.4. The lowest BCUT2D eigenvalue weighted by Crippen LogP contribution is -2.46. The zero-order valence-corrected chi connectivity index (χ0v) is 25.4. The van der Waals surface area contributed by atoms with Gasteiger partial charge in [0.05, 0.1) is 27.8 Å². The second-order valence-electron chi connectivity index (χ2n) is 10.8. The van der Waals surface area contributed by atoms with Crippen LogP contribution in [-0.2, 0) is 10.0 Å². The molecule has 0 unspecified atom stereocenters. The molecule has 0 saturated carbocycles. The molecule has 0 amide bonds. The number of piperidine rings is 2. The molecule has 1 aromatic heterocycles. The normalized spacial score (nSPS) is 17.6. The van der Waals surface area contributed by atoms with E-state index in [1.54, 1.807) is 30.5 Å². The molecule has 2 N–H and O–H groups in total. The van der Waals surface area contributed by atoms with Gasteiger partial charge in [0.25, 0.3) is 0 Å². The van der Waals surface area contributed by atoms with Gasteiger partial charge in [0.15, 0.2) is 0 Å². The number of aromatic nitrogens is 2. The molecule has 12 heteroatoms. The van der Waals surface area contributed by atoms with Gasteiger partial charge in [0.2, 0.25) is 16.0 Å². The predicted octanol–water partition coefficient (Wildman–Crippen LogP) is 5.57. The van der Waals surface area contributed by atoms with Gasteiger partial charge in [-0.05, 0) is 97.5 Å². The van der Waals surface area contributed by atoms with Crippen LogP contribution in [0, 0.1) is 11.2 Å². The second kappa shape index (κ2) is 11.5. The van der Waals surface area contributed by atoms with E-state index in [1.807, 2.05) is 12.1 Å². The summed E-state index contributed by atoms with van der Waals surface area (Å²) in [6.45, 7) is 4.03. The Bertz CT molecular complexity index is 1470. The van der Waals surface area contributed by atoms with Gasteiger partial charge in [-0.15, -0.1) is 0 Å². The van der Waals surface area contributed by atoms with Gasteiger partial charge in [-0.3, -0.25) is 4.31 Å². The molecule has 214 valence electrons. The van der Waals surface area contributed by atoms with Crippen LogP contribution in [0.25, 0.3) is 0 Å². The Balaban J connectivity index is 1.28. The van der Waals surface area contributed by atoms with Crippen molar-refractivity contribution in [2.45, 2.75) is 25.7 Å². The molecule has 2 aliphatic rings. The van der Waals surface area contributed by atoms with Gasteiger partial charge in [-0.2, -0.15) is 4.98 Å². The number of hydrogen-bond acceptors (Lipinski definition) is 8. The number of likely N-dealkylation sites (tertiary alicyclic amines) is 1. The highest BCUT2D eigenvalue weighted by Gasteiger charge is 2.37. The number of benzene rings is 2. The zero-order chi connectivity index (χ0) is 28.5. The van der Waals surface area contributed by atoms with Crippen LogP contribution in [-0.4, -0.2) is 69.8 Å². The molecule has 2 aromatic carbocycles. The van der Waals surface area contributed by atoms with Crippen molar-refractivity contribution < 1.29 is 12.8 Å². The van der Waals surface area contributed by atoms with Crippen LogP contribution >= 0.6 is 15.9 Å². The third kappa shape index (κ3) is 6.34. The Labute approximate surface area is 244 Å². The number of rotatable bonds is 7. The fourth-order valence-electron chi connectivity index (χ4n) is 5.46. The smallest absolute Gasteiger partial charge is 0.232 e. The number of nitrogens with one attached hydrogen (secondary N) is 2. The van der Waals surface area contributed by atoms with E-state index in [4.69, 9.17) is 0 Å². The summed E-state index contributed by atoms with van der Waals surface area (Å²) >= 11 is 3.45. The van der Waals surface area contributed by atoms with Gasteiger partial charge in [-0.1, -0.05) is 12.1 Å². The minimum absolute atomic E-state index is 0.272. The number of hydrogen-bond donors (Lipinski definition) is 2. The Kier molecular flexibility index (Phi) is 8.21. The summed E-state index contributed by atoms with van der Waals surface area (Å²) in [5, 5.41) is 6.27. The van der Waals surface area contributed by atoms with Crippen LogP contribution in [0.2, 0.25) is 0 Å². The zero-order valence-electron chi connectivity index (χ0n) is 23.0. The highest BCUT2D eigenvalue weighted by atomic mass is 79.9.